The monoisotopic (exact) mass is 234 g/mol. The molecular weight excluding hydrogens is 212 g/mol. The van der Waals surface area contributed by atoms with Gasteiger partial charge in [-0.15, -0.1) is 0 Å². The minimum absolute atomic E-state index is 0.303. The summed E-state index contributed by atoms with van der Waals surface area (Å²) in [6.07, 6.45) is 6.55. The maximum absolute atomic E-state index is 6.23. The lowest BCUT2D eigenvalue weighted by Gasteiger charge is -2.46. The molecule has 3 saturated heterocycles. The van der Waals surface area contributed by atoms with Crippen LogP contribution < -0.4 is 5.73 Å². The second-order valence-electron chi connectivity index (χ2n) is 6.11. The van der Waals surface area contributed by atoms with Gasteiger partial charge < -0.3 is 15.2 Å². The van der Waals surface area contributed by atoms with Gasteiger partial charge in [0.15, 0.2) is 0 Å². The Kier molecular flexibility index (Phi) is 2.52. The number of hydrogen-bond acceptors (Lipinski definition) is 3. The van der Waals surface area contributed by atoms with Gasteiger partial charge >= 0.3 is 0 Å². The summed E-state index contributed by atoms with van der Waals surface area (Å²) < 4.78 is 2.33. The average Bonchev–Trinajstić information content (AvgIpc) is 2.79. The first-order chi connectivity index (χ1) is 8.05. The summed E-state index contributed by atoms with van der Waals surface area (Å²) in [5, 5.41) is 0. The van der Waals surface area contributed by atoms with Crippen LogP contribution in [-0.2, 0) is 5.54 Å². The van der Waals surface area contributed by atoms with Crippen molar-refractivity contribution in [1.29, 1.82) is 0 Å². The van der Waals surface area contributed by atoms with Gasteiger partial charge in [-0.05, 0) is 45.7 Å². The Bertz CT molecular complexity index is 396. The predicted molar refractivity (Wildman–Crippen MR) is 67.6 cm³/mol. The first-order valence-electron chi connectivity index (χ1n) is 6.59. The molecule has 0 aliphatic carbocycles. The molecule has 1 unspecified atom stereocenters. The second kappa shape index (κ2) is 3.82. The van der Waals surface area contributed by atoms with Gasteiger partial charge in [-0.2, -0.15) is 0 Å². The normalized spacial score (nSPS) is 33.0. The number of nitrogens with zero attached hydrogens (tertiary/aromatic N) is 3. The molecule has 4 heteroatoms. The van der Waals surface area contributed by atoms with E-state index in [4.69, 9.17) is 5.73 Å². The van der Waals surface area contributed by atoms with Crippen LogP contribution in [0.5, 0.6) is 0 Å². The Hall–Kier alpha value is -0.870. The number of imidazole rings is 1. The predicted octanol–water partition coefficient (Wildman–Crippen LogP) is 1.34. The highest BCUT2D eigenvalue weighted by molar-refractivity contribution is 5.12. The quantitative estimate of drug-likeness (QED) is 0.840. The Morgan fingerprint density at radius 3 is 2.59 bits per heavy atom. The van der Waals surface area contributed by atoms with Crippen LogP contribution in [0, 0.1) is 5.92 Å². The third kappa shape index (κ3) is 1.89. The summed E-state index contributed by atoms with van der Waals surface area (Å²) in [7, 11) is 0. The number of aromatic nitrogens is 2. The van der Waals surface area contributed by atoms with Gasteiger partial charge in [0.1, 0.15) is 0 Å². The fourth-order valence-electron chi connectivity index (χ4n) is 3.32. The van der Waals surface area contributed by atoms with Gasteiger partial charge in [-0.1, -0.05) is 0 Å². The zero-order valence-corrected chi connectivity index (χ0v) is 10.8. The molecule has 3 aliphatic rings. The van der Waals surface area contributed by atoms with Crippen molar-refractivity contribution in [3.8, 4) is 0 Å². The highest BCUT2D eigenvalue weighted by Crippen LogP contribution is 2.37. The molecule has 0 aromatic carbocycles. The Morgan fingerprint density at radius 1 is 1.35 bits per heavy atom. The zero-order valence-electron chi connectivity index (χ0n) is 10.8. The molecule has 4 heterocycles. The fourth-order valence-corrected chi connectivity index (χ4v) is 3.32. The van der Waals surface area contributed by atoms with Crippen LogP contribution in [0.4, 0.5) is 0 Å². The average molecular weight is 234 g/mol. The maximum atomic E-state index is 6.23. The van der Waals surface area contributed by atoms with Crippen molar-refractivity contribution < 1.29 is 0 Å². The Labute approximate surface area is 103 Å². The van der Waals surface area contributed by atoms with E-state index >= 15 is 0 Å². The molecule has 4 rings (SSSR count). The number of fused-ring (bicyclic) bond motifs is 3. The molecule has 0 radical (unpaired) electrons. The lowest BCUT2D eigenvalue weighted by atomic mass is 9.83. The topological polar surface area (TPSA) is 47.1 Å². The van der Waals surface area contributed by atoms with E-state index in [2.05, 4.69) is 28.3 Å². The highest BCUT2D eigenvalue weighted by atomic mass is 15.2. The van der Waals surface area contributed by atoms with E-state index < -0.39 is 0 Å². The van der Waals surface area contributed by atoms with Gasteiger partial charge in [-0.25, -0.2) is 4.98 Å². The number of piperidine rings is 3. The number of nitrogens with two attached hydrogens (primary N) is 1. The van der Waals surface area contributed by atoms with E-state index in [0.717, 1.165) is 11.6 Å². The van der Waals surface area contributed by atoms with Crippen molar-refractivity contribution in [2.75, 3.05) is 19.6 Å². The molecule has 1 atom stereocenters. The van der Waals surface area contributed by atoms with E-state index in [-0.39, 0.29) is 5.54 Å². The van der Waals surface area contributed by atoms with Crippen molar-refractivity contribution in [2.24, 2.45) is 11.7 Å². The van der Waals surface area contributed by atoms with Crippen LogP contribution >= 0.6 is 0 Å². The molecule has 2 N–H and O–H groups in total. The summed E-state index contributed by atoms with van der Waals surface area (Å²) in [6, 6.07) is 0.581. The van der Waals surface area contributed by atoms with E-state index in [1.165, 1.54) is 32.5 Å². The standard InChI is InChI=1S/C13H22N4/c1-13(2,14)12-7-15-9-17(12)11-8-16-5-3-10(11)4-6-16/h7,9-11H,3-6,8,14H2,1-2H3. The summed E-state index contributed by atoms with van der Waals surface area (Å²) >= 11 is 0. The van der Waals surface area contributed by atoms with Gasteiger partial charge in [-0.3, -0.25) is 0 Å². The van der Waals surface area contributed by atoms with Crippen molar-refractivity contribution in [2.45, 2.75) is 38.3 Å². The van der Waals surface area contributed by atoms with Crippen molar-refractivity contribution in [3.05, 3.63) is 18.2 Å². The first-order valence-corrected chi connectivity index (χ1v) is 6.59. The van der Waals surface area contributed by atoms with Crippen LogP contribution in [0.25, 0.3) is 0 Å². The van der Waals surface area contributed by atoms with E-state index in [1.807, 2.05) is 12.5 Å². The summed E-state index contributed by atoms with van der Waals surface area (Å²) in [5.74, 6) is 0.815. The molecule has 3 fully saturated rings. The van der Waals surface area contributed by atoms with Crippen molar-refractivity contribution in [3.63, 3.8) is 0 Å². The molecule has 3 aliphatic heterocycles. The molecule has 2 bridgehead atoms. The van der Waals surface area contributed by atoms with Gasteiger partial charge in [0.05, 0.1) is 23.6 Å². The molecule has 4 nitrogen and oxygen atoms in total. The molecule has 17 heavy (non-hydrogen) atoms. The van der Waals surface area contributed by atoms with Gasteiger partial charge in [0, 0.05) is 12.7 Å². The fraction of sp³-hybridized carbons (Fsp3) is 0.769. The third-order valence-electron chi connectivity index (χ3n) is 4.31. The van der Waals surface area contributed by atoms with E-state index in [1.54, 1.807) is 0 Å². The van der Waals surface area contributed by atoms with Crippen LogP contribution in [-0.4, -0.2) is 34.1 Å². The Balaban J connectivity index is 1.92. The van der Waals surface area contributed by atoms with E-state index in [9.17, 15) is 0 Å². The van der Waals surface area contributed by atoms with Crippen LogP contribution in [0.3, 0.4) is 0 Å². The summed E-state index contributed by atoms with van der Waals surface area (Å²) in [4.78, 5) is 6.88. The van der Waals surface area contributed by atoms with Crippen molar-refractivity contribution in [1.82, 2.24) is 14.5 Å². The van der Waals surface area contributed by atoms with Crippen LogP contribution in [0.15, 0.2) is 12.5 Å². The smallest absolute Gasteiger partial charge is 0.0951 e. The molecule has 94 valence electrons. The molecule has 0 saturated carbocycles. The minimum atomic E-state index is -0.303. The number of rotatable bonds is 2. The highest BCUT2D eigenvalue weighted by Gasteiger charge is 2.36. The minimum Gasteiger partial charge on any atom is -0.328 e. The maximum Gasteiger partial charge on any atom is 0.0951 e. The Morgan fingerprint density at radius 2 is 2.06 bits per heavy atom. The van der Waals surface area contributed by atoms with Gasteiger partial charge in [0.25, 0.3) is 0 Å². The lowest BCUT2D eigenvalue weighted by Crippen LogP contribution is -2.49. The van der Waals surface area contributed by atoms with E-state index in [0.29, 0.717) is 6.04 Å². The SMILES string of the molecule is CC(C)(N)c1cncn1C1CN2CCC1CC2. The molecule has 1 aromatic heterocycles. The van der Waals surface area contributed by atoms with Gasteiger partial charge in [0.2, 0.25) is 0 Å². The number of hydrogen-bond donors (Lipinski definition) is 1. The first kappa shape index (κ1) is 11.2. The molecule has 1 aromatic rings. The zero-order chi connectivity index (χ0) is 12.0. The van der Waals surface area contributed by atoms with Crippen LogP contribution in [0.2, 0.25) is 0 Å². The lowest BCUT2D eigenvalue weighted by molar-refractivity contribution is 0.0545. The van der Waals surface area contributed by atoms with Crippen LogP contribution in [0.1, 0.15) is 38.4 Å². The second-order valence-corrected chi connectivity index (χ2v) is 6.11. The largest absolute Gasteiger partial charge is 0.328 e. The van der Waals surface area contributed by atoms with Crippen molar-refractivity contribution >= 4 is 0 Å². The third-order valence-corrected chi connectivity index (χ3v) is 4.31. The molecule has 0 spiro atoms. The molecular formula is C13H22N4. The summed E-state index contributed by atoms with van der Waals surface area (Å²) in [5.41, 5.74) is 7.09. The molecule has 0 amide bonds. The summed E-state index contributed by atoms with van der Waals surface area (Å²) in [6.45, 7) is 7.84.